The van der Waals surface area contributed by atoms with Crippen LogP contribution in [-0.2, 0) is 6.54 Å². The van der Waals surface area contributed by atoms with E-state index >= 15 is 0 Å². The number of aliphatic hydroxyl groups excluding tert-OH is 1. The molecule has 1 unspecified atom stereocenters. The molecule has 0 aliphatic carbocycles. The van der Waals surface area contributed by atoms with Gasteiger partial charge in [0.15, 0.2) is 16.9 Å². The fourth-order valence-corrected chi connectivity index (χ4v) is 3.07. The molecule has 1 atom stereocenters. The Kier molecular flexibility index (Phi) is 6.29. The van der Waals surface area contributed by atoms with Gasteiger partial charge in [0.25, 0.3) is 0 Å². The normalized spacial score (nSPS) is 12.1. The van der Waals surface area contributed by atoms with Crippen LogP contribution < -0.4 is 14.9 Å². The number of aryl methyl sites for hydroxylation is 2. The fourth-order valence-electron chi connectivity index (χ4n) is 3.07. The number of nitrogens with zero attached hydrogens (tertiary/aromatic N) is 1. The smallest absolute Gasteiger partial charge is 0.387 e. The average Bonchev–Trinajstić information content (AvgIpc) is 2.66. The first-order chi connectivity index (χ1) is 13.8. The van der Waals surface area contributed by atoms with Crippen molar-refractivity contribution in [2.45, 2.75) is 33.1 Å². The number of hydrogen-bond donors (Lipinski definition) is 1. The molecule has 7 heteroatoms. The maximum Gasteiger partial charge on any atom is 0.387 e. The molecule has 3 rings (SSSR count). The van der Waals surface area contributed by atoms with E-state index in [1.54, 1.807) is 44.2 Å². The summed E-state index contributed by atoms with van der Waals surface area (Å²) >= 11 is 0. The molecule has 0 amide bonds. The highest BCUT2D eigenvalue weighted by Gasteiger charge is 2.17. The number of pyridine rings is 1. The molecule has 3 aromatic rings. The van der Waals surface area contributed by atoms with E-state index in [0.717, 1.165) is 0 Å². The van der Waals surface area contributed by atoms with Gasteiger partial charge in [0, 0.05) is 23.5 Å². The average molecular weight is 401 g/mol. The quantitative estimate of drug-likeness (QED) is 0.629. The van der Waals surface area contributed by atoms with Gasteiger partial charge in [0.2, 0.25) is 0 Å². The Hall–Kier alpha value is -3.19. The van der Waals surface area contributed by atoms with Crippen molar-refractivity contribution in [3.8, 4) is 17.2 Å². The third-order valence-electron chi connectivity index (χ3n) is 4.45. The summed E-state index contributed by atoms with van der Waals surface area (Å²) in [5.74, 6) is 0.391. The van der Waals surface area contributed by atoms with Crippen LogP contribution in [0.25, 0.3) is 0 Å². The predicted molar refractivity (Wildman–Crippen MR) is 105 cm³/mol. The standard InChI is InChI=1S/C22H21F2NO4/c1-14-10-17(26)11-15(2)25(14)13-19(27)16-8-9-20(29-22(23)24)21(12-16)28-18-6-4-3-5-7-18/h3-12,19,22,27H,13H2,1-2H3. The number of ether oxygens (including phenoxy) is 2. The molecular weight excluding hydrogens is 380 g/mol. The van der Waals surface area contributed by atoms with Gasteiger partial charge in [0.05, 0.1) is 12.6 Å². The lowest BCUT2D eigenvalue weighted by Gasteiger charge is -2.20. The van der Waals surface area contributed by atoms with Crippen LogP contribution in [0.3, 0.4) is 0 Å². The SMILES string of the molecule is Cc1cc(=O)cc(C)n1CC(O)c1ccc(OC(F)F)c(Oc2ccccc2)c1. The van der Waals surface area contributed by atoms with E-state index in [0.29, 0.717) is 22.7 Å². The van der Waals surface area contributed by atoms with Crippen LogP contribution in [0.4, 0.5) is 8.78 Å². The van der Waals surface area contributed by atoms with Crippen molar-refractivity contribution in [1.82, 2.24) is 4.57 Å². The second kappa shape index (κ2) is 8.87. The summed E-state index contributed by atoms with van der Waals surface area (Å²) in [5.41, 5.74) is 1.80. The van der Waals surface area contributed by atoms with E-state index in [-0.39, 0.29) is 23.5 Å². The van der Waals surface area contributed by atoms with Crippen molar-refractivity contribution >= 4 is 0 Å². The van der Waals surface area contributed by atoms with Gasteiger partial charge in [-0.1, -0.05) is 24.3 Å². The Morgan fingerprint density at radius 1 is 0.966 bits per heavy atom. The molecule has 0 radical (unpaired) electrons. The van der Waals surface area contributed by atoms with E-state index in [9.17, 15) is 18.7 Å². The molecule has 0 saturated carbocycles. The third-order valence-corrected chi connectivity index (χ3v) is 4.45. The van der Waals surface area contributed by atoms with Crippen molar-refractivity contribution in [2.75, 3.05) is 0 Å². The van der Waals surface area contributed by atoms with E-state index in [4.69, 9.17) is 4.74 Å². The van der Waals surface area contributed by atoms with Crippen LogP contribution >= 0.6 is 0 Å². The minimum Gasteiger partial charge on any atom is -0.453 e. The van der Waals surface area contributed by atoms with Crippen molar-refractivity contribution < 1.29 is 23.4 Å². The van der Waals surface area contributed by atoms with Crippen molar-refractivity contribution in [1.29, 1.82) is 0 Å². The topological polar surface area (TPSA) is 60.7 Å². The largest absolute Gasteiger partial charge is 0.453 e. The third kappa shape index (κ3) is 5.20. The van der Waals surface area contributed by atoms with Gasteiger partial charge < -0.3 is 19.1 Å². The molecular formula is C22H21F2NO4. The minimum atomic E-state index is -3.00. The molecule has 1 N–H and O–H groups in total. The minimum absolute atomic E-state index is 0.0707. The fraction of sp³-hybridized carbons (Fsp3) is 0.227. The summed E-state index contributed by atoms with van der Waals surface area (Å²) in [7, 11) is 0. The lowest BCUT2D eigenvalue weighted by atomic mass is 10.1. The Morgan fingerprint density at radius 2 is 1.62 bits per heavy atom. The zero-order valence-corrected chi connectivity index (χ0v) is 16.0. The van der Waals surface area contributed by atoms with E-state index in [2.05, 4.69) is 4.74 Å². The van der Waals surface area contributed by atoms with Gasteiger partial charge in [-0.05, 0) is 43.7 Å². The van der Waals surface area contributed by atoms with Crippen LogP contribution in [0.1, 0.15) is 23.1 Å². The predicted octanol–water partition coefficient (Wildman–Crippen LogP) is 4.59. The highest BCUT2D eigenvalue weighted by Crippen LogP contribution is 2.35. The number of benzene rings is 2. The molecule has 1 aromatic heterocycles. The Labute approximate surface area is 166 Å². The van der Waals surface area contributed by atoms with Crippen LogP contribution in [0.2, 0.25) is 0 Å². The number of hydrogen-bond acceptors (Lipinski definition) is 4. The summed E-state index contributed by atoms with van der Waals surface area (Å²) in [6.07, 6.45) is -0.950. The van der Waals surface area contributed by atoms with E-state index in [1.807, 2.05) is 4.57 Å². The van der Waals surface area contributed by atoms with Crippen LogP contribution in [0, 0.1) is 13.8 Å². The van der Waals surface area contributed by atoms with Gasteiger partial charge in [0.1, 0.15) is 5.75 Å². The molecule has 1 heterocycles. The molecule has 0 fully saturated rings. The summed E-state index contributed by atoms with van der Waals surface area (Å²) in [6, 6.07) is 16.0. The molecule has 152 valence electrons. The summed E-state index contributed by atoms with van der Waals surface area (Å²) < 4.78 is 37.6. The van der Waals surface area contributed by atoms with Gasteiger partial charge in [-0.15, -0.1) is 0 Å². The van der Waals surface area contributed by atoms with Crippen LogP contribution in [-0.4, -0.2) is 16.3 Å². The molecule has 0 saturated heterocycles. The van der Waals surface area contributed by atoms with Crippen molar-refractivity contribution in [3.05, 3.63) is 87.8 Å². The first kappa shape index (κ1) is 20.5. The zero-order chi connectivity index (χ0) is 21.0. The summed E-state index contributed by atoms with van der Waals surface area (Å²) in [6.45, 7) is 0.753. The van der Waals surface area contributed by atoms with E-state index < -0.39 is 12.7 Å². The first-order valence-electron chi connectivity index (χ1n) is 9.01. The van der Waals surface area contributed by atoms with Crippen LogP contribution in [0.5, 0.6) is 17.2 Å². The second-order valence-corrected chi connectivity index (χ2v) is 6.60. The van der Waals surface area contributed by atoms with E-state index in [1.165, 1.54) is 30.3 Å². The second-order valence-electron chi connectivity index (χ2n) is 6.60. The number of aromatic nitrogens is 1. The van der Waals surface area contributed by atoms with Gasteiger partial charge in [-0.25, -0.2) is 0 Å². The number of rotatable bonds is 7. The maximum atomic E-state index is 12.8. The van der Waals surface area contributed by atoms with Crippen molar-refractivity contribution in [3.63, 3.8) is 0 Å². The zero-order valence-electron chi connectivity index (χ0n) is 16.0. The highest BCUT2D eigenvalue weighted by atomic mass is 19.3. The summed E-state index contributed by atoms with van der Waals surface area (Å²) in [4.78, 5) is 11.6. The Bertz CT molecular complexity index is 1010. The van der Waals surface area contributed by atoms with Crippen LogP contribution in [0.15, 0.2) is 65.5 Å². The summed E-state index contributed by atoms with van der Waals surface area (Å²) in [5, 5.41) is 10.7. The number of halogens is 2. The monoisotopic (exact) mass is 401 g/mol. The highest BCUT2D eigenvalue weighted by molar-refractivity contribution is 5.46. The number of aliphatic hydroxyl groups is 1. The van der Waals surface area contributed by atoms with Gasteiger partial charge in [-0.3, -0.25) is 4.79 Å². The first-order valence-corrected chi connectivity index (χ1v) is 9.01. The molecule has 0 aliphatic rings. The molecule has 29 heavy (non-hydrogen) atoms. The maximum absolute atomic E-state index is 12.8. The molecule has 0 aliphatic heterocycles. The number of para-hydroxylation sites is 1. The van der Waals surface area contributed by atoms with Gasteiger partial charge in [-0.2, -0.15) is 8.78 Å². The molecule has 0 spiro atoms. The number of alkyl halides is 2. The lowest BCUT2D eigenvalue weighted by molar-refractivity contribution is -0.0510. The molecule has 2 aromatic carbocycles. The van der Waals surface area contributed by atoms with Crippen molar-refractivity contribution in [2.24, 2.45) is 0 Å². The van der Waals surface area contributed by atoms with Gasteiger partial charge >= 0.3 is 6.61 Å². The Balaban J connectivity index is 1.91. The molecule has 0 bridgehead atoms. The molecule has 5 nitrogen and oxygen atoms in total. The lowest BCUT2D eigenvalue weighted by Crippen LogP contribution is -2.17. The Morgan fingerprint density at radius 3 is 2.24 bits per heavy atom.